The molecule has 0 radical (unpaired) electrons. The highest BCUT2D eigenvalue weighted by molar-refractivity contribution is 7.92. The second kappa shape index (κ2) is 6.16. The molecule has 1 N–H and O–H groups in total. The molecule has 0 saturated carbocycles. The summed E-state index contributed by atoms with van der Waals surface area (Å²) >= 11 is 0.961. The Morgan fingerprint density at radius 3 is 2.81 bits per heavy atom. The van der Waals surface area contributed by atoms with Gasteiger partial charge in [0.15, 0.2) is 5.82 Å². The van der Waals surface area contributed by atoms with Crippen LogP contribution in [0.1, 0.15) is 12.7 Å². The van der Waals surface area contributed by atoms with Crippen LogP contribution in [-0.2, 0) is 16.3 Å². The summed E-state index contributed by atoms with van der Waals surface area (Å²) < 4.78 is 53.4. The van der Waals surface area contributed by atoms with E-state index < -0.39 is 20.5 Å². The van der Waals surface area contributed by atoms with Crippen LogP contribution in [0.2, 0.25) is 0 Å². The van der Waals surface area contributed by atoms with Crippen LogP contribution in [0.5, 0.6) is 0 Å². The zero-order valence-corrected chi connectivity index (χ0v) is 12.8. The predicted molar refractivity (Wildman–Crippen MR) is 73.0 cm³/mol. The third-order valence-electron chi connectivity index (χ3n) is 2.81. The molecule has 2 heterocycles. The van der Waals surface area contributed by atoms with Crippen molar-refractivity contribution >= 4 is 21.2 Å². The Bertz CT molecular complexity index is 712. The van der Waals surface area contributed by atoms with Gasteiger partial charge in [0.05, 0.1) is 4.90 Å². The van der Waals surface area contributed by atoms with Crippen molar-refractivity contribution in [3.63, 3.8) is 0 Å². The van der Waals surface area contributed by atoms with Gasteiger partial charge in [0.2, 0.25) is 9.84 Å². The fourth-order valence-corrected chi connectivity index (χ4v) is 3.66. The van der Waals surface area contributed by atoms with Crippen LogP contribution in [0.15, 0.2) is 20.9 Å². The van der Waals surface area contributed by atoms with Gasteiger partial charge in [-0.2, -0.15) is 13.8 Å². The lowest BCUT2D eigenvalue weighted by Gasteiger charge is -2.04. The van der Waals surface area contributed by atoms with Gasteiger partial charge in [-0.3, -0.25) is 0 Å². The van der Waals surface area contributed by atoms with E-state index in [4.69, 9.17) is 4.52 Å². The highest BCUT2D eigenvalue weighted by atomic mass is 32.2. The highest BCUT2D eigenvalue weighted by Crippen LogP contribution is 2.34. The largest absolute Gasteiger partial charge is 0.341 e. The van der Waals surface area contributed by atoms with Crippen LogP contribution < -0.4 is 5.32 Å². The molecule has 0 aliphatic heterocycles. The molecule has 21 heavy (non-hydrogen) atoms. The predicted octanol–water partition coefficient (Wildman–Crippen LogP) is 1.94. The molecule has 0 aliphatic carbocycles. The highest BCUT2D eigenvalue weighted by Gasteiger charge is 2.32. The number of halogens is 2. The molecule has 0 spiro atoms. The Morgan fingerprint density at radius 1 is 1.48 bits per heavy atom. The van der Waals surface area contributed by atoms with Gasteiger partial charge in [0.25, 0.3) is 5.89 Å². The van der Waals surface area contributed by atoms with Gasteiger partial charge >= 0.3 is 5.76 Å². The van der Waals surface area contributed by atoms with Gasteiger partial charge in [-0.1, -0.05) is 5.16 Å². The van der Waals surface area contributed by atoms with E-state index in [1.54, 1.807) is 7.05 Å². The van der Waals surface area contributed by atoms with Crippen molar-refractivity contribution in [2.24, 2.45) is 0 Å². The molecule has 0 amide bonds. The summed E-state index contributed by atoms with van der Waals surface area (Å²) in [5, 5.41) is 8.11. The van der Waals surface area contributed by atoms with Gasteiger partial charge in [0.1, 0.15) is 4.88 Å². The Morgan fingerprint density at radius 2 is 2.19 bits per heavy atom. The zero-order chi connectivity index (χ0) is 15.6. The zero-order valence-electron chi connectivity index (χ0n) is 11.2. The first-order valence-corrected chi connectivity index (χ1v) is 8.38. The number of hydrogen-bond donors (Lipinski definition) is 1. The number of alkyl halides is 2. The van der Waals surface area contributed by atoms with Crippen molar-refractivity contribution in [3.8, 4) is 10.8 Å². The third kappa shape index (κ3) is 3.27. The number of likely N-dealkylation sites (N-methyl/N-ethyl adjacent to an activating group) is 1. The summed E-state index contributed by atoms with van der Waals surface area (Å²) in [5.41, 5.74) is 0. The maximum Gasteiger partial charge on any atom is 0.341 e. The Kier molecular flexibility index (Phi) is 4.69. The summed E-state index contributed by atoms with van der Waals surface area (Å²) in [5.74, 6) is -3.18. The minimum atomic E-state index is -4.69. The first-order chi connectivity index (χ1) is 9.86. The Hall–Kier alpha value is -1.39. The molecule has 0 saturated heterocycles. The van der Waals surface area contributed by atoms with Gasteiger partial charge < -0.3 is 9.84 Å². The SMILES string of the molecule is CNC(C)Cc1noc(-c2sccc2S(=O)(=O)C(F)F)n1. The third-order valence-corrected chi connectivity index (χ3v) is 5.27. The number of nitrogens with zero attached hydrogens (tertiary/aromatic N) is 2. The van der Waals surface area contributed by atoms with E-state index in [9.17, 15) is 17.2 Å². The van der Waals surface area contributed by atoms with Crippen molar-refractivity contribution in [1.29, 1.82) is 0 Å². The fourth-order valence-electron chi connectivity index (χ4n) is 1.58. The molecule has 10 heteroatoms. The fraction of sp³-hybridized carbons (Fsp3) is 0.455. The molecule has 2 aromatic rings. The molecule has 116 valence electrons. The maximum atomic E-state index is 12.6. The van der Waals surface area contributed by atoms with Gasteiger partial charge in [-0.05, 0) is 25.4 Å². The van der Waals surface area contributed by atoms with E-state index in [1.165, 1.54) is 5.38 Å². The molecule has 6 nitrogen and oxygen atoms in total. The van der Waals surface area contributed by atoms with Gasteiger partial charge in [-0.15, -0.1) is 11.3 Å². The van der Waals surface area contributed by atoms with E-state index in [1.807, 2.05) is 6.92 Å². The first kappa shape index (κ1) is 16.0. The van der Waals surface area contributed by atoms with Crippen molar-refractivity contribution < 1.29 is 21.7 Å². The summed E-state index contributed by atoms with van der Waals surface area (Å²) in [6.07, 6.45) is 0.475. The lowest BCUT2D eigenvalue weighted by molar-refractivity contribution is 0.235. The number of rotatable bonds is 6. The van der Waals surface area contributed by atoms with Crippen LogP contribution >= 0.6 is 11.3 Å². The molecule has 0 aromatic carbocycles. The summed E-state index contributed by atoms with van der Waals surface area (Å²) in [6.45, 7) is 1.91. The van der Waals surface area contributed by atoms with Crippen LogP contribution in [0.4, 0.5) is 8.78 Å². The molecule has 1 atom stereocenters. The summed E-state index contributed by atoms with van der Waals surface area (Å²) in [7, 11) is -2.92. The number of nitrogens with one attached hydrogen (secondary N) is 1. The van der Waals surface area contributed by atoms with Gasteiger partial charge in [0, 0.05) is 12.5 Å². The molecule has 0 aliphatic rings. The number of aromatic nitrogens is 2. The molecule has 1 unspecified atom stereocenters. The van der Waals surface area contributed by atoms with E-state index in [0.29, 0.717) is 12.2 Å². The van der Waals surface area contributed by atoms with E-state index in [-0.39, 0.29) is 16.8 Å². The minimum absolute atomic E-state index is 0.0335. The van der Waals surface area contributed by atoms with Crippen LogP contribution in [0.25, 0.3) is 10.8 Å². The van der Waals surface area contributed by atoms with Crippen LogP contribution in [0, 0.1) is 0 Å². The lowest BCUT2D eigenvalue weighted by Crippen LogP contribution is -2.24. The lowest BCUT2D eigenvalue weighted by atomic mass is 10.2. The second-order valence-corrected chi connectivity index (χ2v) is 7.13. The molecular formula is C11H13F2N3O3S2. The number of hydrogen-bond acceptors (Lipinski definition) is 7. The standard InChI is InChI=1S/C11H13F2N3O3S2/c1-6(14-2)5-8-15-10(19-16-8)9-7(3-4-20-9)21(17,18)11(12)13/h3-4,6,11,14H,5H2,1-2H3. The smallest absolute Gasteiger partial charge is 0.333 e. The average Bonchev–Trinajstić information content (AvgIpc) is 3.06. The monoisotopic (exact) mass is 337 g/mol. The van der Waals surface area contributed by atoms with Crippen LogP contribution in [0.3, 0.4) is 0 Å². The minimum Gasteiger partial charge on any atom is -0.333 e. The molecule has 2 aromatic heterocycles. The normalized spacial score (nSPS) is 13.8. The number of thiophene rings is 1. The van der Waals surface area contributed by atoms with Crippen molar-refractivity contribution in [1.82, 2.24) is 15.5 Å². The van der Waals surface area contributed by atoms with Crippen molar-refractivity contribution in [2.75, 3.05) is 7.05 Å². The maximum absolute atomic E-state index is 12.6. The first-order valence-electron chi connectivity index (χ1n) is 5.96. The Balaban J connectivity index is 2.35. The summed E-state index contributed by atoms with van der Waals surface area (Å²) in [6, 6.07) is 1.21. The van der Waals surface area contributed by atoms with Gasteiger partial charge in [-0.25, -0.2) is 8.42 Å². The summed E-state index contributed by atoms with van der Waals surface area (Å²) in [4.78, 5) is 3.60. The molecule has 2 rings (SSSR count). The topological polar surface area (TPSA) is 85.1 Å². The Labute approximate surface area is 124 Å². The van der Waals surface area contributed by atoms with E-state index >= 15 is 0 Å². The number of sulfone groups is 1. The van der Waals surface area contributed by atoms with Crippen molar-refractivity contribution in [2.45, 2.75) is 30.0 Å². The van der Waals surface area contributed by atoms with Crippen molar-refractivity contribution in [3.05, 3.63) is 17.3 Å². The second-order valence-electron chi connectivity index (χ2n) is 4.33. The quantitative estimate of drug-likeness (QED) is 0.867. The molecular weight excluding hydrogens is 324 g/mol. The van der Waals surface area contributed by atoms with E-state index in [0.717, 1.165) is 17.4 Å². The van der Waals surface area contributed by atoms with E-state index in [2.05, 4.69) is 15.5 Å². The molecule has 0 bridgehead atoms. The molecule has 0 fully saturated rings. The average molecular weight is 337 g/mol. The van der Waals surface area contributed by atoms with Crippen LogP contribution in [-0.4, -0.2) is 37.4 Å².